The molecule has 0 aliphatic rings. The first kappa shape index (κ1) is 21.1. The molecule has 2 N–H and O–H groups in total. The third kappa shape index (κ3) is 6.11. The van der Waals surface area contributed by atoms with Crippen LogP contribution in [0.2, 0.25) is 0 Å². The van der Waals surface area contributed by atoms with E-state index in [1.807, 2.05) is 6.92 Å². The van der Waals surface area contributed by atoms with Crippen molar-refractivity contribution in [2.45, 2.75) is 43.7 Å². The van der Waals surface area contributed by atoms with Gasteiger partial charge >= 0.3 is 11.9 Å². The Bertz CT molecular complexity index is 715. The molecule has 140 valence electrons. The Balaban J connectivity index is 3.23. The van der Waals surface area contributed by atoms with Gasteiger partial charge in [0, 0.05) is 7.11 Å². The number of nitrogens with one attached hydrogen (secondary N) is 1. The molecule has 0 aromatic heterocycles. The number of methoxy groups -OCH3 is 2. The first-order valence-electron chi connectivity index (χ1n) is 7.71. The molecule has 0 amide bonds. The average molecular weight is 373 g/mol. The van der Waals surface area contributed by atoms with Crippen LogP contribution in [0.3, 0.4) is 0 Å². The van der Waals surface area contributed by atoms with Gasteiger partial charge < -0.3 is 14.6 Å². The molecule has 1 aromatic carbocycles. The van der Waals surface area contributed by atoms with Gasteiger partial charge in [0.25, 0.3) is 0 Å². The molecule has 9 heteroatoms. The van der Waals surface area contributed by atoms with E-state index in [4.69, 9.17) is 4.74 Å². The maximum absolute atomic E-state index is 12.6. The Labute approximate surface area is 147 Å². The number of aliphatic carboxylic acids is 1. The molecular formula is C16H23NO7S. The number of hydrogen-bond donors (Lipinski definition) is 2. The lowest BCUT2D eigenvalue weighted by molar-refractivity contribution is -0.139. The summed E-state index contributed by atoms with van der Waals surface area (Å²) in [5.41, 5.74) is 0.490. The number of carbonyl (C=O) groups is 2. The minimum absolute atomic E-state index is 0.0397. The summed E-state index contributed by atoms with van der Waals surface area (Å²) in [5.74, 6) is -1.95. The van der Waals surface area contributed by atoms with E-state index in [1.165, 1.54) is 26.4 Å². The van der Waals surface area contributed by atoms with Gasteiger partial charge in [0.15, 0.2) is 0 Å². The van der Waals surface area contributed by atoms with E-state index in [9.17, 15) is 23.1 Å². The van der Waals surface area contributed by atoms with Crippen LogP contribution in [0.25, 0.3) is 0 Å². The summed E-state index contributed by atoms with van der Waals surface area (Å²) in [4.78, 5) is 22.8. The normalized spacial score (nSPS) is 12.6. The van der Waals surface area contributed by atoms with Crippen molar-refractivity contribution in [2.24, 2.45) is 0 Å². The molecule has 0 saturated carbocycles. The van der Waals surface area contributed by atoms with Crippen molar-refractivity contribution in [3.63, 3.8) is 0 Å². The van der Waals surface area contributed by atoms with Gasteiger partial charge in [-0.2, -0.15) is 4.72 Å². The van der Waals surface area contributed by atoms with Crippen LogP contribution < -0.4 is 4.72 Å². The van der Waals surface area contributed by atoms with Crippen LogP contribution in [0.1, 0.15) is 42.1 Å². The number of carbonyl (C=O) groups excluding carboxylic acids is 1. The van der Waals surface area contributed by atoms with Crippen molar-refractivity contribution in [1.29, 1.82) is 0 Å². The third-order valence-corrected chi connectivity index (χ3v) is 4.90. The standard InChI is InChI=1S/C16H23NO7S/c1-4-5-6-14(15(18)19)17-25(21,22)13-8-11(10-23-2)7-12(9-13)16(20)24-3/h7-9,14,17H,4-6,10H2,1-3H3,(H,18,19). The number of sulfonamides is 1. The average Bonchev–Trinajstić information content (AvgIpc) is 2.57. The van der Waals surface area contributed by atoms with Crippen LogP contribution in [0.5, 0.6) is 0 Å². The zero-order valence-corrected chi connectivity index (χ0v) is 15.3. The molecule has 0 saturated heterocycles. The highest BCUT2D eigenvalue weighted by Crippen LogP contribution is 2.18. The van der Waals surface area contributed by atoms with E-state index < -0.39 is 28.0 Å². The highest BCUT2D eigenvalue weighted by atomic mass is 32.2. The Kier molecular flexibility index (Phi) is 8.01. The van der Waals surface area contributed by atoms with Crippen molar-refractivity contribution >= 4 is 22.0 Å². The Morgan fingerprint density at radius 2 is 1.92 bits per heavy atom. The van der Waals surface area contributed by atoms with Gasteiger partial charge in [0.2, 0.25) is 10.0 Å². The first-order valence-corrected chi connectivity index (χ1v) is 9.19. The fourth-order valence-electron chi connectivity index (χ4n) is 2.20. The van der Waals surface area contributed by atoms with Gasteiger partial charge in [-0.3, -0.25) is 4.79 Å². The molecule has 1 unspecified atom stereocenters. The molecule has 0 aliphatic carbocycles. The monoisotopic (exact) mass is 373 g/mol. The quantitative estimate of drug-likeness (QED) is 0.597. The van der Waals surface area contributed by atoms with Gasteiger partial charge in [-0.1, -0.05) is 19.8 Å². The zero-order chi connectivity index (χ0) is 19.0. The second-order valence-electron chi connectivity index (χ2n) is 5.44. The van der Waals surface area contributed by atoms with Crippen LogP contribution >= 0.6 is 0 Å². The zero-order valence-electron chi connectivity index (χ0n) is 14.4. The largest absolute Gasteiger partial charge is 0.480 e. The van der Waals surface area contributed by atoms with E-state index in [0.717, 1.165) is 12.5 Å². The Hall–Kier alpha value is -1.97. The second-order valence-corrected chi connectivity index (χ2v) is 7.16. The lowest BCUT2D eigenvalue weighted by Crippen LogP contribution is -2.40. The molecule has 0 heterocycles. The van der Waals surface area contributed by atoms with Crippen LogP contribution in [0, 0.1) is 0 Å². The highest BCUT2D eigenvalue weighted by molar-refractivity contribution is 7.89. The molecule has 0 fully saturated rings. The number of hydrogen-bond acceptors (Lipinski definition) is 6. The molecule has 0 bridgehead atoms. The molecule has 0 spiro atoms. The summed E-state index contributed by atoms with van der Waals surface area (Å²) in [5, 5.41) is 9.21. The van der Waals surface area contributed by atoms with E-state index in [2.05, 4.69) is 9.46 Å². The Morgan fingerprint density at radius 3 is 2.44 bits per heavy atom. The number of benzene rings is 1. The maximum Gasteiger partial charge on any atom is 0.337 e. The molecule has 0 radical (unpaired) electrons. The minimum Gasteiger partial charge on any atom is -0.480 e. The van der Waals surface area contributed by atoms with Crippen LogP contribution in [-0.4, -0.2) is 45.7 Å². The number of esters is 1. The van der Waals surface area contributed by atoms with E-state index in [1.54, 1.807) is 0 Å². The van der Waals surface area contributed by atoms with Crippen molar-refractivity contribution in [1.82, 2.24) is 4.72 Å². The summed E-state index contributed by atoms with van der Waals surface area (Å²) in [6, 6.07) is 2.70. The van der Waals surface area contributed by atoms with Gasteiger partial charge in [-0.05, 0) is 30.2 Å². The molecule has 1 aromatic rings. The van der Waals surface area contributed by atoms with Crippen LogP contribution in [-0.2, 0) is 30.9 Å². The molecule has 0 aliphatic heterocycles. The van der Waals surface area contributed by atoms with Crippen molar-refractivity contribution in [2.75, 3.05) is 14.2 Å². The summed E-state index contributed by atoms with van der Waals surface area (Å²) in [6.45, 7) is 1.97. The first-order chi connectivity index (χ1) is 11.7. The number of rotatable bonds is 10. The topological polar surface area (TPSA) is 119 Å². The van der Waals surface area contributed by atoms with Crippen LogP contribution in [0.4, 0.5) is 0 Å². The lowest BCUT2D eigenvalue weighted by atomic mass is 10.1. The smallest absolute Gasteiger partial charge is 0.337 e. The fourth-order valence-corrected chi connectivity index (χ4v) is 3.52. The van der Waals surface area contributed by atoms with Crippen LogP contribution in [0.15, 0.2) is 23.1 Å². The van der Waals surface area contributed by atoms with Crippen molar-refractivity contribution < 1.29 is 32.6 Å². The predicted molar refractivity (Wildman–Crippen MR) is 89.8 cm³/mol. The van der Waals surface area contributed by atoms with E-state index in [-0.39, 0.29) is 23.5 Å². The Morgan fingerprint density at radius 1 is 1.24 bits per heavy atom. The number of ether oxygens (including phenoxy) is 2. The summed E-state index contributed by atoms with van der Waals surface area (Å²) >= 11 is 0. The van der Waals surface area contributed by atoms with Gasteiger partial charge in [0.1, 0.15) is 6.04 Å². The SMILES string of the molecule is CCCCC(NS(=O)(=O)c1cc(COC)cc(C(=O)OC)c1)C(=O)O. The minimum atomic E-state index is -4.13. The van der Waals surface area contributed by atoms with E-state index >= 15 is 0 Å². The molecule has 1 atom stereocenters. The predicted octanol–water partition coefficient (Wildman–Crippen LogP) is 1.54. The molecule has 1 rings (SSSR count). The summed E-state index contributed by atoms with van der Waals surface area (Å²) < 4.78 is 36.9. The molecular weight excluding hydrogens is 350 g/mol. The summed E-state index contributed by atoms with van der Waals surface area (Å²) in [7, 11) is -1.52. The molecule has 8 nitrogen and oxygen atoms in total. The lowest BCUT2D eigenvalue weighted by Gasteiger charge is -2.15. The third-order valence-electron chi connectivity index (χ3n) is 3.45. The number of carboxylic acid groups (broad SMARTS) is 1. The number of carboxylic acids is 1. The highest BCUT2D eigenvalue weighted by Gasteiger charge is 2.26. The van der Waals surface area contributed by atoms with Crippen molar-refractivity contribution in [3.05, 3.63) is 29.3 Å². The maximum atomic E-state index is 12.6. The van der Waals surface area contributed by atoms with E-state index in [0.29, 0.717) is 12.0 Å². The van der Waals surface area contributed by atoms with Crippen molar-refractivity contribution in [3.8, 4) is 0 Å². The van der Waals surface area contributed by atoms with Gasteiger partial charge in [-0.25, -0.2) is 13.2 Å². The van der Waals surface area contributed by atoms with Gasteiger partial charge in [0.05, 0.1) is 24.2 Å². The fraction of sp³-hybridized carbons (Fsp3) is 0.500. The number of unbranched alkanes of at least 4 members (excludes halogenated alkanes) is 1. The molecule has 25 heavy (non-hydrogen) atoms. The summed E-state index contributed by atoms with van der Waals surface area (Å²) in [6.07, 6.45) is 1.48. The second kappa shape index (κ2) is 9.50. The van der Waals surface area contributed by atoms with Gasteiger partial charge in [-0.15, -0.1) is 0 Å².